The number of halogens is 2. The minimum Gasteiger partial charge on any atom is -0.372 e. The fourth-order valence-electron chi connectivity index (χ4n) is 1.78. The number of nitrogens with one attached hydrogen (secondary N) is 2. The van der Waals surface area contributed by atoms with Crippen LogP contribution in [-0.2, 0) is 0 Å². The van der Waals surface area contributed by atoms with Crippen LogP contribution in [0.5, 0.6) is 0 Å². The van der Waals surface area contributed by atoms with Crippen molar-refractivity contribution in [3.63, 3.8) is 0 Å². The van der Waals surface area contributed by atoms with Gasteiger partial charge in [-0.1, -0.05) is 29.3 Å². The first-order valence-electron chi connectivity index (χ1n) is 6.27. The maximum absolute atomic E-state index is 12.1. The first kappa shape index (κ1) is 15.5. The van der Waals surface area contributed by atoms with Gasteiger partial charge in [-0.15, -0.1) is 0 Å². The van der Waals surface area contributed by atoms with E-state index in [1.165, 1.54) is 12.4 Å². The summed E-state index contributed by atoms with van der Waals surface area (Å²) in [6.07, 6.45) is 2.91. The molecule has 0 spiro atoms. The third kappa shape index (κ3) is 3.83. The maximum atomic E-state index is 12.1. The van der Waals surface area contributed by atoms with Crippen molar-refractivity contribution in [1.29, 1.82) is 0 Å². The summed E-state index contributed by atoms with van der Waals surface area (Å²) in [5.41, 5.74) is 1.03. The van der Waals surface area contributed by atoms with Gasteiger partial charge in [0.05, 0.1) is 18.4 Å². The Morgan fingerprint density at radius 2 is 2.00 bits per heavy atom. The van der Waals surface area contributed by atoms with Gasteiger partial charge in [0.1, 0.15) is 11.5 Å². The SMILES string of the molecule is CNc1cnc(C(=O)NC(C)c2ccc(Cl)cc2Cl)cn1. The van der Waals surface area contributed by atoms with E-state index in [4.69, 9.17) is 23.2 Å². The molecule has 0 aliphatic carbocycles. The van der Waals surface area contributed by atoms with Gasteiger partial charge in [-0.3, -0.25) is 4.79 Å². The molecular weight excluding hydrogens is 311 g/mol. The fourth-order valence-corrected chi connectivity index (χ4v) is 2.35. The number of benzene rings is 1. The number of nitrogens with zero attached hydrogens (tertiary/aromatic N) is 2. The second-order valence-corrected chi connectivity index (χ2v) is 5.24. The smallest absolute Gasteiger partial charge is 0.271 e. The molecule has 0 radical (unpaired) electrons. The zero-order valence-corrected chi connectivity index (χ0v) is 13.0. The molecule has 0 aliphatic rings. The standard InChI is InChI=1S/C14H14Cl2N4O/c1-8(10-4-3-9(15)5-11(10)16)20-14(21)12-6-19-13(17-2)7-18-12/h3-8H,1-2H3,(H,17,19)(H,20,21). The van der Waals surface area contributed by atoms with E-state index in [1.54, 1.807) is 25.2 Å². The lowest BCUT2D eigenvalue weighted by Crippen LogP contribution is -2.27. The second-order valence-electron chi connectivity index (χ2n) is 4.40. The van der Waals surface area contributed by atoms with Crippen molar-refractivity contribution >= 4 is 34.9 Å². The molecular formula is C14H14Cl2N4O. The van der Waals surface area contributed by atoms with Gasteiger partial charge in [0, 0.05) is 17.1 Å². The van der Waals surface area contributed by atoms with Crippen LogP contribution in [0.3, 0.4) is 0 Å². The van der Waals surface area contributed by atoms with E-state index in [9.17, 15) is 4.79 Å². The van der Waals surface area contributed by atoms with Crippen molar-refractivity contribution in [3.8, 4) is 0 Å². The van der Waals surface area contributed by atoms with E-state index in [0.717, 1.165) is 5.56 Å². The van der Waals surface area contributed by atoms with Gasteiger partial charge < -0.3 is 10.6 Å². The molecule has 1 atom stereocenters. The average Bonchev–Trinajstić information content (AvgIpc) is 2.47. The molecule has 110 valence electrons. The molecule has 5 nitrogen and oxygen atoms in total. The normalized spacial score (nSPS) is 11.8. The van der Waals surface area contributed by atoms with Gasteiger partial charge in [-0.25, -0.2) is 9.97 Å². The zero-order chi connectivity index (χ0) is 15.4. The topological polar surface area (TPSA) is 66.9 Å². The molecule has 0 saturated heterocycles. The van der Waals surface area contributed by atoms with Crippen molar-refractivity contribution < 1.29 is 4.79 Å². The Morgan fingerprint density at radius 3 is 2.57 bits per heavy atom. The summed E-state index contributed by atoms with van der Waals surface area (Å²) in [4.78, 5) is 20.2. The van der Waals surface area contributed by atoms with E-state index in [1.807, 2.05) is 6.92 Å². The van der Waals surface area contributed by atoms with Gasteiger partial charge in [0.15, 0.2) is 0 Å². The summed E-state index contributed by atoms with van der Waals surface area (Å²) in [6.45, 7) is 1.84. The number of carbonyl (C=O) groups is 1. The number of aromatic nitrogens is 2. The molecule has 1 unspecified atom stereocenters. The highest BCUT2D eigenvalue weighted by molar-refractivity contribution is 6.35. The average molecular weight is 325 g/mol. The summed E-state index contributed by atoms with van der Waals surface area (Å²) >= 11 is 12.0. The van der Waals surface area contributed by atoms with Crippen LogP contribution in [0.1, 0.15) is 29.0 Å². The molecule has 7 heteroatoms. The predicted molar refractivity (Wildman–Crippen MR) is 83.9 cm³/mol. The van der Waals surface area contributed by atoms with E-state index < -0.39 is 0 Å². The number of rotatable bonds is 4. The van der Waals surface area contributed by atoms with Gasteiger partial charge in [0.2, 0.25) is 0 Å². The first-order valence-corrected chi connectivity index (χ1v) is 7.02. The number of anilines is 1. The first-order chi connectivity index (χ1) is 10.0. The van der Waals surface area contributed by atoms with Gasteiger partial charge in [0.25, 0.3) is 5.91 Å². The number of amides is 1. The van der Waals surface area contributed by atoms with Crippen LogP contribution in [0.2, 0.25) is 10.0 Å². The van der Waals surface area contributed by atoms with Gasteiger partial charge in [-0.2, -0.15) is 0 Å². The Bertz CT molecular complexity index is 646. The Kier molecular flexibility index (Phi) is 4.98. The summed E-state index contributed by atoms with van der Waals surface area (Å²) in [5.74, 6) is 0.281. The van der Waals surface area contributed by atoms with Crippen molar-refractivity contribution in [2.24, 2.45) is 0 Å². The van der Waals surface area contributed by atoms with E-state index >= 15 is 0 Å². The highest BCUT2D eigenvalue weighted by Gasteiger charge is 2.15. The van der Waals surface area contributed by atoms with Crippen LogP contribution in [0.25, 0.3) is 0 Å². The summed E-state index contributed by atoms with van der Waals surface area (Å²) in [5, 5.41) is 6.72. The van der Waals surface area contributed by atoms with Crippen LogP contribution in [-0.4, -0.2) is 22.9 Å². The number of hydrogen-bond donors (Lipinski definition) is 2. The highest BCUT2D eigenvalue weighted by atomic mass is 35.5. The largest absolute Gasteiger partial charge is 0.372 e. The summed E-state index contributed by atoms with van der Waals surface area (Å²) < 4.78 is 0. The maximum Gasteiger partial charge on any atom is 0.271 e. The van der Waals surface area contributed by atoms with Gasteiger partial charge in [-0.05, 0) is 24.6 Å². The Hall–Kier alpha value is -1.85. The molecule has 0 fully saturated rings. The van der Waals surface area contributed by atoms with Crippen molar-refractivity contribution in [2.45, 2.75) is 13.0 Å². The molecule has 1 aromatic heterocycles. The van der Waals surface area contributed by atoms with Crippen molar-refractivity contribution in [2.75, 3.05) is 12.4 Å². The Morgan fingerprint density at radius 1 is 1.24 bits per heavy atom. The van der Waals surface area contributed by atoms with E-state index in [2.05, 4.69) is 20.6 Å². The molecule has 0 bridgehead atoms. The van der Waals surface area contributed by atoms with E-state index in [-0.39, 0.29) is 17.6 Å². The van der Waals surface area contributed by atoms with Crippen LogP contribution in [0.15, 0.2) is 30.6 Å². The monoisotopic (exact) mass is 324 g/mol. The lowest BCUT2D eigenvalue weighted by Gasteiger charge is -2.15. The van der Waals surface area contributed by atoms with Crippen LogP contribution in [0, 0.1) is 0 Å². The predicted octanol–water partition coefficient (Wildman–Crippen LogP) is 3.32. The Balaban J connectivity index is 2.10. The van der Waals surface area contributed by atoms with Crippen LogP contribution < -0.4 is 10.6 Å². The Labute approximate surface area is 132 Å². The van der Waals surface area contributed by atoms with E-state index in [0.29, 0.717) is 15.9 Å². The fraction of sp³-hybridized carbons (Fsp3) is 0.214. The van der Waals surface area contributed by atoms with Crippen molar-refractivity contribution in [3.05, 3.63) is 51.9 Å². The summed E-state index contributed by atoms with van der Waals surface area (Å²) in [6, 6.07) is 4.88. The third-order valence-corrected chi connectivity index (χ3v) is 3.48. The summed E-state index contributed by atoms with van der Waals surface area (Å²) in [7, 11) is 1.73. The zero-order valence-electron chi connectivity index (χ0n) is 11.5. The van der Waals surface area contributed by atoms with Crippen LogP contribution >= 0.6 is 23.2 Å². The molecule has 2 N–H and O–H groups in total. The molecule has 1 heterocycles. The molecule has 0 saturated carbocycles. The minimum atomic E-state index is -0.316. The van der Waals surface area contributed by atoms with Crippen molar-refractivity contribution in [1.82, 2.24) is 15.3 Å². The highest BCUT2D eigenvalue weighted by Crippen LogP contribution is 2.26. The second kappa shape index (κ2) is 6.74. The molecule has 21 heavy (non-hydrogen) atoms. The molecule has 1 amide bonds. The lowest BCUT2D eigenvalue weighted by atomic mass is 10.1. The minimum absolute atomic E-state index is 0.242. The molecule has 1 aromatic carbocycles. The third-order valence-electron chi connectivity index (χ3n) is 2.92. The molecule has 2 rings (SSSR count). The van der Waals surface area contributed by atoms with Crippen LogP contribution in [0.4, 0.5) is 5.82 Å². The quantitative estimate of drug-likeness (QED) is 0.905. The molecule has 0 aliphatic heterocycles. The van der Waals surface area contributed by atoms with Gasteiger partial charge >= 0.3 is 0 Å². The molecule has 2 aromatic rings. The number of hydrogen-bond acceptors (Lipinski definition) is 4. The number of carbonyl (C=O) groups excluding carboxylic acids is 1. The lowest BCUT2D eigenvalue weighted by molar-refractivity contribution is 0.0934.